The molecule has 5 nitrogen and oxygen atoms in total. The van der Waals surface area contributed by atoms with E-state index in [9.17, 15) is 14.4 Å². The van der Waals surface area contributed by atoms with Crippen LogP contribution in [0.5, 0.6) is 0 Å². The molecule has 0 saturated carbocycles. The molecule has 21 heavy (non-hydrogen) atoms. The number of ketones is 1. The summed E-state index contributed by atoms with van der Waals surface area (Å²) in [4.78, 5) is 37.5. The molecular formula is C15H16BrNO4. The molecule has 0 saturated heterocycles. The van der Waals surface area contributed by atoms with Crippen molar-refractivity contribution in [1.29, 1.82) is 0 Å². The van der Waals surface area contributed by atoms with Gasteiger partial charge in [0.05, 0.1) is 23.8 Å². The van der Waals surface area contributed by atoms with Gasteiger partial charge in [0.25, 0.3) is 11.7 Å². The minimum absolute atomic E-state index is 0.0969. The summed E-state index contributed by atoms with van der Waals surface area (Å²) in [5.41, 5.74) is 0.850. The van der Waals surface area contributed by atoms with Gasteiger partial charge in [0.15, 0.2) is 0 Å². The number of hydrogen-bond acceptors (Lipinski definition) is 4. The number of anilines is 1. The lowest BCUT2D eigenvalue weighted by molar-refractivity contribution is -0.150. The van der Waals surface area contributed by atoms with E-state index in [-0.39, 0.29) is 6.54 Å². The zero-order valence-electron chi connectivity index (χ0n) is 12.3. The molecule has 0 spiro atoms. The van der Waals surface area contributed by atoms with E-state index in [4.69, 9.17) is 4.74 Å². The van der Waals surface area contributed by atoms with E-state index in [2.05, 4.69) is 15.9 Å². The standard InChI is InChI=1S/C15H16BrNO4/c1-8-5-9(16)6-10-11(8)17(13(19)12(10)18)7-15(2,3)14(20)21-4/h5-6H,7H2,1-4H3. The number of aryl methyl sites for hydroxylation is 1. The quantitative estimate of drug-likeness (QED) is 0.618. The van der Waals surface area contributed by atoms with E-state index in [1.54, 1.807) is 19.9 Å². The largest absolute Gasteiger partial charge is 0.469 e. The van der Waals surface area contributed by atoms with Crippen molar-refractivity contribution >= 4 is 39.3 Å². The maximum absolute atomic E-state index is 12.2. The SMILES string of the molecule is COC(=O)C(C)(C)CN1C(=O)C(=O)c2cc(Br)cc(C)c21. The number of amides is 1. The fourth-order valence-corrected chi connectivity index (χ4v) is 3.07. The molecule has 0 unspecified atom stereocenters. The zero-order valence-corrected chi connectivity index (χ0v) is 13.9. The topological polar surface area (TPSA) is 63.7 Å². The molecule has 1 aromatic rings. The Morgan fingerprint density at radius 3 is 2.52 bits per heavy atom. The van der Waals surface area contributed by atoms with Gasteiger partial charge in [-0.2, -0.15) is 0 Å². The van der Waals surface area contributed by atoms with Crippen molar-refractivity contribution in [2.75, 3.05) is 18.6 Å². The van der Waals surface area contributed by atoms with Crippen LogP contribution in [-0.4, -0.2) is 31.3 Å². The van der Waals surface area contributed by atoms with Gasteiger partial charge in [-0.25, -0.2) is 0 Å². The molecule has 0 fully saturated rings. The van der Waals surface area contributed by atoms with Crippen molar-refractivity contribution in [3.63, 3.8) is 0 Å². The van der Waals surface area contributed by atoms with Crippen LogP contribution in [0.15, 0.2) is 16.6 Å². The molecule has 1 aliphatic rings. The Balaban J connectivity index is 2.47. The molecule has 112 valence electrons. The van der Waals surface area contributed by atoms with E-state index in [1.165, 1.54) is 12.0 Å². The molecule has 0 aliphatic carbocycles. The third-order valence-electron chi connectivity index (χ3n) is 3.51. The molecule has 0 aromatic heterocycles. The molecule has 1 heterocycles. The monoisotopic (exact) mass is 353 g/mol. The number of nitrogens with zero attached hydrogens (tertiary/aromatic N) is 1. The third-order valence-corrected chi connectivity index (χ3v) is 3.97. The maximum Gasteiger partial charge on any atom is 0.313 e. The van der Waals surface area contributed by atoms with Gasteiger partial charge in [-0.1, -0.05) is 15.9 Å². The van der Waals surface area contributed by atoms with Crippen molar-refractivity contribution in [2.45, 2.75) is 20.8 Å². The van der Waals surface area contributed by atoms with Gasteiger partial charge in [0.1, 0.15) is 0 Å². The maximum atomic E-state index is 12.2. The Bertz CT molecular complexity index is 651. The van der Waals surface area contributed by atoms with E-state index in [1.807, 2.05) is 13.0 Å². The molecule has 6 heteroatoms. The van der Waals surface area contributed by atoms with Gasteiger partial charge in [-0.05, 0) is 38.5 Å². The number of esters is 1. The number of methoxy groups -OCH3 is 1. The smallest absolute Gasteiger partial charge is 0.313 e. The number of halogens is 1. The van der Waals surface area contributed by atoms with Gasteiger partial charge < -0.3 is 9.64 Å². The second-order valence-corrected chi connectivity index (χ2v) is 6.63. The molecule has 2 rings (SSSR count). The number of carbonyl (C=O) groups is 3. The van der Waals surface area contributed by atoms with Gasteiger partial charge in [0.2, 0.25) is 0 Å². The number of rotatable bonds is 3. The minimum atomic E-state index is -0.897. The zero-order chi connectivity index (χ0) is 15.9. The lowest BCUT2D eigenvalue weighted by Gasteiger charge is -2.28. The van der Waals surface area contributed by atoms with Crippen LogP contribution in [0.25, 0.3) is 0 Å². The average molecular weight is 354 g/mol. The summed E-state index contributed by atoms with van der Waals surface area (Å²) in [6.07, 6.45) is 0. The molecule has 0 N–H and O–H groups in total. The van der Waals surface area contributed by atoms with Gasteiger partial charge >= 0.3 is 5.97 Å². The molecule has 0 atom stereocenters. The lowest BCUT2D eigenvalue weighted by Crippen LogP contribution is -2.42. The molecule has 1 aliphatic heterocycles. The van der Waals surface area contributed by atoms with E-state index in [0.29, 0.717) is 11.3 Å². The molecule has 0 bridgehead atoms. The Kier molecular flexibility index (Phi) is 3.93. The predicted octanol–water partition coefficient (Wildman–Crippen LogP) is 2.49. The first kappa shape index (κ1) is 15.7. The second-order valence-electron chi connectivity index (χ2n) is 5.71. The highest BCUT2D eigenvalue weighted by atomic mass is 79.9. The van der Waals surface area contributed by atoms with Crippen LogP contribution in [0, 0.1) is 12.3 Å². The van der Waals surface area contributed by atoms with Crippen molar-refractivity contribution in [1.82, 2.24) is 0 Å². The fraction of sp³-hybridized carbons (Fsp3) is 0.400. The van der Waals surface area contributed by atoms with Crippen LogP contribution in [0.1, 0.15) is 29.8 Å². The summed E-state index contributed by atoms with van der Waals surface area (Å²) in [5.74, 6) is -1.58. The summed E-state index contributed by atoms with van der Waals surface area (Å²) >= 11 is 3.32. The summed E-state index contributed by atoms with van der Waals surface area (Å²) in [6.45, 7) is 5.29. The Morgan fingerprint density at radius 1 is 1.33 bits per heavy atom. The number of benzene rings is 1. The van der Waals surface area contributed by atoms with Crippen molar-refractivity contribution in [3.8, 4) is 0 Å². The van der Waals surface area contributed by atoms with Crippen LogP contribution in [0.4, 0.5) is 5.69 Å². The molecular weight excluding hydrogens is 338 g/mol. The molecule has 1 aromatic carbocycles. The highest BCUT2D eigenvalue weighted by Crippen LogP contribution is 2.37. The number of carbonyl (C=O) groups excluding carboxylic acids is 3. The van der Waals surface area contributed by atoms with E-state index in [0.717, 1.165) is 10.0 Å². The Hall–Kier alpha value is -1.69. The van der Waals surface area contributed by atoms with E-state index < -0.39 is 23.1 Å². The van der Waals surface area contributed by atoms with Crippen LogP contribution in [-0.2, 0) is 14.3 Å². The normalized spacial score (nSPS) is 14.4. The summed E-state index contributed by atoms with van der Waals surface area (Å²) < 4.78 is 5.50. The Morgan fingerprint density at radius 2 is 1.95 bits per heavy atom. The van der Waals surface area contributed by atoms with Crippen LogP contribution in [0.3, 0.4) is 0 Å². The Labute approximate surface area is 131 Å². The van der Waals surface area contributed by atoms with Crippen molar-refractivity contribution in [3.05, 3.63) is 27.7 Å². The number of Topliss-reactive ketones (excluding diaryl/α,β-unsaturated/α-hetero) is 1. The first-order chi connectivity index (χ1) is 9.69. The summed E-state index contributed by atoms with van der Waals surface area (Å²) in [7, 11) is 1.30. The van der Waals surface area contributed by atoms with Crippen molar-refractivity contribution in [2.24, 2.45) is 5.41 Å². The van der Waals surface area contributed by atoms with Gasteiger partial charge in [-0.15, -0.1) is 0 Å². The first-order valence-corrected chi connectivity index (χ1v) is 7.23. The highest BCUT2D eigenvalue weighted by Gasteiger charge is 2.42. The third kappa shape index (κ3) is 2.60. The second kappa shape index (κ2) is 5.26. The molecule has 1 amide bonds. The number of hydrogen-bond donors (Lipinski definition) is 0. The first-order valence-electron chi connectivity index (χ1n) is 6.44. The summed E-state index contributed by atoms with van der Waals surface area (Å²) in [5, 5.41) is 0. The van der Waals surface area contributed by atoms with Crippen LogP contribution < -0.4 is 4.90 Å². The number of fused-ring (bicyclic) bond motifs is 1. The van der Waals surface area contributed by atoms with Gasteiger partial charge in [0, 0.05) is 11.0 Å². The summed E-state index contributed by atoms with van der Waals surface area (Å²) in [6, 6.07) is 3.47. The van der Waals surface area contributed by atoms with Crippen molar-refractivity contribution < 1.29 is 19.1 Å². The lowest BCUT2D eigenvalue weighted by atomic mass is 9.92. The number of ether oxygens (including phenoxy) is 1. The fourth-order valence-electron chi connectivity index (χ4n) is 2.49. The molecule has 0 radical (unpaired) electrons. The van der Waals surface area contributed by atoms with Crippen LogP contribution in [0.2, 0.25) is 0 Å². The van der Waals surface area contributed by atoms with Crippen LogP contribution >= 0.6 is 15.9 Å². The predicted molar refractivity (Wildman–Crippen MR) is 81.4 cm³/mol. The minimum Gasteiger partial charge on any atom is -0.469 e. The van der Waals surface area contributed by atoms with E-state index >= 15 is 0 Å². The average Bonchev–Trinajstić information content (AvgIpc) is 2.63. The van der Waals surface area contributed by atoms with Gasteiger partial charge in [-0.3, -0.25) is 14.4 Å². The highest BCUT2D eigenvalue weighted by molar-refractivity contribution is 9.10.